The third-order valence-electron chi connectivity index (χ3n) is 4.50. The molecule has 8 nitrogen and oxygen atoms in total. The smallest absolute Gasteiger partial charge is 0.333 e. The van der Waals surface area contributed by atoms with Gasteiger partial charge in [-0.2, -0.15) is 0 Å². The van der Waals surface area contributed by atoms with Gasteiger partial charge in [0.15, 0.2) is 6.23 Å². The van der Waals surface area contributed by atoms with Crippen LogP contribution in [0.3, 0.4) is 0 Å². The first-order valence-corrected chi connectivity index (χ1v) is 7.96. The normalized spacial score (nSPS) is 27.4. The lowest BCUT2D eigenvalue weighted by Crippen LogP contribution is -2.44. The Balaban J connectivity index is 2.05. The number of nitrogens with zero attached hydrogens (tertiary/aromatic N) is 2. The fraction of sp³-hybridized carbons (Fsp3) is 0.412. The van der Waals surface area contributed by atoms with E-state index in [1.54, 1.807) is 19.1 Å². The van der Waals surface area contributed by atoms with Crippen LogP contribution in [0.4, 0.5) is 0 Å². The molecule has 25 heavy (non-hydrogen) atoms. The Bertz CT molecular complexity index is 846. The molecular formula is C17H20N2O6. The predicted octanol–water partition coefficient (Wildman–Crippen LogP) is -0.769. The van der Waals surface area contributed by atoms with Crippen LogP contribution in [0.1, 0.15) is 24.8 Å². The molecule has 8 heteroatoms. The summed E-state index contributed by atoms with van der Waals surface area (Å²) >= 11 is 0. The molecule has 0 aliphatic carbocycles. The maximum atomic E-state index is 12.8. The number of hydrogen-bond acceptors (Lipinski definition) is 6. The molecule has 1 saturated heterocycles. The van der Waals surface area contributed by atoms with Crippen LogP contribution in [-0.2, 0) is 4.74 Å². The fourth-order valence-corrected chi connectivity index (χ4v) is 3.05. The molecule has 3 rings (SSSR count). The lowest BCUT2D eigenvalue weighted by Gasteiger charge is -2.21. The zero-order chi connectivity index (χ0) is 18.1. The van der Waals surface area contributed by atoms with Crippen LogP contribution in [-0.4, -0.2) is 49.4 Å². The third kappa shape index (κ3) is 3.05. The Morgan fingerprint density at radius 2 is 1.80 bits per heavy atom. The number of aliphatic hydroxyl groups is 3. The summed E-state index contributed by atoms with van der Waals surface area (Å²) in [6.45, 7) is 1.23. The molecule has 1 fully saturated rings. The molecule has 134 valence electrons. The minimum Gasteiger partial charge on any atom is -0.394 e. The lowest BCUT2D eigenvalue weighted by atomic mass is 10.1. The van der Waals surface area contributed by atoms with Gasteiger partial charge in [-0.15, -0.1) is 0 Å². The Morgan fingerprint density at radius 1 is 1.12 bits per heavy atom. The number of ether oxygens (including phenoxy) is 1. The van der Waals surface area contributed by atoms with Crippen molar-refractivity contribution in [3.05, 3.63) is 69.0 Å². The van der Waals surface area contributed by atoms with Crippen molar-refractivity contribution in [3.8, 4) is 0 Å². The van der Waals surface area contributed by atoms with Gasteiger partial charge >= 0.3 is 5.69 Å². The van der Waals surface area contributed by atoms with Gasteiger partial charge in [0.1, 0.15) is 18.3 Å². The maximum absolute atomic E-state index is 12.8. The highest BCUT2D eigenvalue weighted by Gasteiger charge is 2.44. The van der Waals surface area contributed by atoms with Crippen LogP contribution < -0.4 is 11.2 Å². The molecule has 2 heterocycles. The van der Waals surface area contributed by atoms with Gasteiger partial charge in [-0.25, -0.2) is 4.79 Å². The van der Waals surface area contributed by atoms with Crippen LogP contribution in [0.2, 0.25) is 0 Å². The molecule has 2 aromatic rings. The van der Waals surface area contributed by atoms with E-state index in [0.717, 1.165) is 14.7 Å². The van der Waals surface area contributed by atoms with Crippen molar-refractivity contribution in [1.29, 1.82) is 0 Å². The quantitative estimate of drug-likeness (QED) is 0.669. The van der Waals surface area contributed by atoms with Crippen LogP contribution in [0.15, 0.2) is 52.2 Å². The van der Waals surface area contributed by atoms with E-state index in [-0.39, 0.29) is 0 Å². The molecule has 0 amide bonds. The molecule has 0 saturated carbocycles. The number of hydrogen-bond donors (Lipinski definition) is 3. The summed E-state index contributed by atoms with van der Waals surface area (Å²) < 4.78 is 7.50. The van der Waals surface area contributed by atoms with Gasteiger partial charge in [0.25, 0.3) is 5.56 Å². The summed E-state index contributed by atoms with van der Waals surface area (Å²) in [5.74, 6) is 0. The minimum atomic E-state index is -1.40. The minimum absolute atomic E-state index is 0.482. The van der Waals surface area contributed by atoms with Gasteiger partial charge in [-0.3, -0.25) is 13.9 Å². The van der Waals surface area contributed by atoms with E-state index in [2.05, 4.69) is 0 Å². The van der Waals surface area contributed by atoms with Crippen molar-refractivity contribution in [3.63, 3.8) is 0 Å². The Morgan fingerprint density at radius 3 is 2.40 bits per heavy atom. The third-order valence-corrected chi connectivity index (χ3v) is 4.50. The molecule has 0 radical (unpaired) electrons. The first kappa shape index (κ1) is 17.6. The predicted molar refractivity (Wildman–Crippen MR) is 88.2 cm³/mol. The van der Waals surface area contributed by atoms with E-state index in [1.165, 1.54) is 12.3 Å². The highest BCUT2D eigenvalue weighted by molar-refractivity contribution is 5.19. The second-order valence-electron chi connectivity index (χ2n) is 6.03. The van der Waals surface area contributed by atoms with Crippen molar-refractivity contribution < 1.29 is 20.1 Å². The largest absolute Gasteiger partial charge is 0.394 e. The average Bonchev–Trinajstić information content (AvgIpc) is 2.90. The van der Waals surface area contributed by atoms with Crippen LogP contribution in [0.5, 0.6) is 0 Å². The molecule has 1 aromatic carbocycles. The van der Waals surface area contributed by atoms with Crippen LogP contribution >= 0.6 is 0 Å². The molecule has 0 bridgehead atoms. The number of aliphatic hydroxyl groups excluding tert-OH is 3. The Labute approximate surface area is 143 Å². The molecule has 5 atom stereocenters. The van der Waals surface area contributed by atoms with E-state index < -0.39 is 48.4 Å². The van der Waals surface area contributed by atoms with Gasteiger partial charge in [-0.1, -0.05) is 30.3 Å². The molecule has 5 unspecified atom stereocenters. The molecule has 0 spiro atoms. The van der Waals surface area contributed by atoms with E-state index in [4.69, 9.17) is 4.74 Å². The van der Waals surface area contributed by atoms with E-state index in [1.807, 2.05) is 18.2 Å². The molecular weight excluding hydrogens is 328 g/mol. The zero-order valence-corrected chi connectivity index (χ0v) is 13.6. The van der Waals surface area contributed by atoms with Crippen molar-refractivity contribution in [2.24, 2.45) is 0 Å². The van der Waals surface area contributed by atoms with Gasteiger partial charge in [-0.05, 0) is 12.5 Å². The summed E-state index contributed by atoms with van der Waals surface area (Å²) in [7, 11) is 0. The highest BCUT2D eigenvalue weighted by atomic mass is 16.6. The topological polar surface area (TPSA) is 114 Å². The van der Waals surface area contributed by atoms with Crippen LogP contribution in [0, 0.1) is 0 Å². The van der Waals surface area contributed by atoms with Crippen molar-refractivity contribution in [2.45, 2.75) is 37.5 Å². The molecule has 1 aliphatic rings. The van der Waals surface area contributed by atoms with Crippen molar-refractivity contribution in [1.82, 2.24) is 9.13 Å². The van der Waals surface area contributed by atoms with E-state index in [9.17, 15) is 24.9 Å². The summed E-state index contributed by atoms with van der Waals surface area (Å²) in [4.78, 5) is 25.1. The molecule has 3 N–H and O–H groups in total. The summed E-state index contributed by atoms with van der Waals surface area (Å²) in [6.07, 6.45) is -3.69. The fourth-order valence-electron chi connectivity index (χ4n) is 3.05. The second-order valence-corrected chi connectivity index (χ2v) is 6.03. The second kappa shape index (κ2) is 6.93. The Kier molecular flexibility index (Phi) is 4.87. The van der Waals surface area contributed by atoms with Crippen molar-refractivity contribution in [2.75, 3.05) is 6.61 Å². The summed E-state index contributed by atoms with van der Waals surface area (Å²) in [5, 5.41) is 29.2. The first-order valence-electron chi connectivity index (χ1n) is 7.96. The average molecular weight is 348 g/mol. The maximum Gasteiger partial charge on any atom is 0.333 e. The number of benzene rings is 1. The standard InChI is InChI=1S/C17H20N2O6/c1-10(11-5-3-2-4-6-11)19-13(21)7-8-18(17(19)24)16-15(23)14(22)12(9-20)25-16/h2-8,10,12,14-16,20,22-23H,9H2,1H3. The SMILES string of the molecule is CC(c1ccccc1)n1c(=O)ccn(C2OC(CO)C(O)C2O)c1=O. The van der Waals surface area contributed by atoms with Crippen LogP contribution in [0.25, 0.3) is 0 Å². The lowest BCUT2D eigenvalue weighted by molar-refractivity contribution is -0.0556. The van der Waals surface area contributed by atoms with E-state index >= 15 is 0 Å². The highest BCUT2D eigenvalue weighted by Crippen LogP contribution is 2.28. The van der Waals surface area contributed by atoms with E-state index in [0.29, 0.717) is 0 Å². The Hall–Kier alpha value is -2.26. The molecule has 1 aromatic heterocycles. The van der Waals surface area contributed by atoms with Crippen molar-refractivity contribution >= 4 is 0 Å². The first-order chi connectivity index (χ1) is 12.0. The van der Waals surface area contributed by atoms with Gasteiger partial charge < -0.3 is 20.1 Å². The van der Waals surface area contributed by atoms with Gasteiger partial charge in [0.2, 0.25) is 0 Å². The number of aromatic nitrogens is 2. The van der Waals surface area contributed by atoms with Gasteiger partial charge in [0, 0.05) is 12.3 Å². The number of rotatable bonds is 4. The molecule has 1 aliphatic heterocycles. The summed E-state index contributed by atoms with van der Waals surface area (Å²) in [6, 6.07) is 9.75. The van der Waals surface area contributed by atoms with Gasteiger partial charge in [0.05, 0.1) is 12.6 Å². The zero-order valence-electron chi connectivity index (χ0n) is 13.6. The summed E-state index contributed by atoms with van der Waals surface area (Å²) in [5.41, 5.74) is -0.372. The monoisotopic (exact) mass is 348 g/mol.